The van der Waals surface area contributed by atoms with Gasteiger partial charge in [-0.1, -0.05) is 67.4 Å². The summed E-state index contributed by atoms with van der Waals surface area (Å²) in [6.07, 6.45) is 0. The number of nitrogens with zero attached hydrogens (tertiary/aromatic N) is 1. The molecule has 166 valence electrons. The number of hydrogen-bond donors (Lipinski definition) is 1. The maximum absolute atomic E-state index is 3.99. The Labute approximate surface area is 229 Å². The van der Waals surface area contributed by atoms with Crippen LogP contribution < -0.4 is 60.1 Å². The molecule has 0 amide bonds. The van der Waals surface area contributed by atoms with Gasteiger partial charge in [-0.05, 0) is 11.5 Å². The standard InChI is InChI=1S/C24H27B11N2/c25-10-7-5-3-1-2-4-6(5)37(23(7)19(34)17(32)13(10)28)24-20(35)15(30)12(27)9-8-11(26)14(29)16(31)18(33)21(8)36-22(9)24/h1-4,36H,25-35H2. The van der Waals surface area contributed by atoms with Crippen molar-refractivity contribution in [2.45, 2.75) is 0 Å². The lowest BCUT2D eigenvalue weighted by molar-refractivity contribution is 1.21. The van der Waals surface area contributed by atoms with Gasteiger partial charge < -0.3 is 9.55 Å². The van der Waals surface area contributed by atoms with Crippen molar-refractivity contribution in [3.05, 3.63) is 24.3 Å². The molecule has 0 saturated heterocycles. The van der Waals surface area contributed by atoms with Gasteiger partial charge >= 0.3 is 0 Å². The molecule has 0 saturated carbocycles. The number of fused-ring (bicyclic) bond motifs is 6. The fourth-order valence-electron chi connectivity index (χ4n) is 6.89. The number of aromatic nitrogens is 2. The van der Waals surface area contributed by atoms with Crippen LogP contribution in [0.3, 0.4) is 0 Å². The van der Waals surface area contributed by atoms with E-state index in [2.05, 4.69) is 120 Å². The molecule has 0 radical (unpaired) electrons. The minimum Gasteiger partial charge on any atom is -0.353 e. The molecule has 4 aromatic carbocycles. The minimum atomic E-state index is 1.25. The Morgan fingerprint density at radius 2 is 0.946 bits per heavy atom. The zero-order valence-corrected chi connectivity index (χ0v) is 24.3. The average Bonchev–Trinajstić information content (AvgIpc) is 3.45. The number of H-pyrrole nitrogens is 1. The van der Waals surface area contributed by atoms with Crippen LogP contribution >= 0.6 is 0 Å². The molecule has 0 aliphatic heterocycles. The number of benzene rings is 4. The first kappa shape index (κ1) is 24.5. The summed E-state index contributed by atoms with van der Waals surface area (Å²) in [5.41, 5.74) is 21.6. The molecule has 0 fully saturated rings. The van der Waals surface area contributed by atoms with Crippen LogP contribution in [0, 0.1) is 0 Å². The smallest absolute Gasteiger partial charge is 0.141 e. The summed E-state index contributed by atoms with van der Waals surface area (Å²) in [7, 11) is 25.2. The molecule has 0 atom stereocenters. The topological polar surface area (TPSA) is 20.7 Å². The molecule has 0 spiro atoms. The maximum atomic E-state index is 3.99. The zero-order chi connectivity index (χ0) is 26.7. The van der Waals surface area contributed by atoms with Gasteiger partial charge in [0.15, 0.2) is 0 Å². The molecular formula is C24H27B11N2. The monoisotopic (exact) mass is 464 g/mol. The van der Waals surface area contributed by atoms with Gasteiger partial charge in [0.2, 0.25) is 0 Å². The Balaban J connectivity index is 1.97. The Kier molecular flexibility index (Phi) is 5.37. The van der Waals surface area contributed by atoms with Crippen LogP contribution in [0.25, 0.3) is 49.3 Å². The van der Waals surface area contributed by atoms with Crippen molar-refractivity contribution in [3.63, 3.8) is 0 Å². The Morgan fingerprint density at radius 3 is 1.59 bits per heavy atom. The Morgan fingerprint density at radius 1 is 0.459 bits per heavy atom. The van der Waals surface area contributed by atoms with Crippen molar-refractivity contribution in [2.75, 3.05) is 0 Å². The molecule has 6 aromatic rings. The molecule has 0 unspecified atom stereocenters. The minimum absolute atomic E-state index is 1.25. The summed E-state index contributed by atoms with van der Waals surface area (Å²) < 4.78 is 2.57. The van der Waals surface area contributed by atoms with Gasteiger partial charge in [-0.3, -0.25) is 0 Å². The first-order valence-electron chi connectivity index (χ1n) is 13.5. The van der Waals surface area contributed by atoms with Crippen molar-refractivity contribution in [2.24, 2.45) is 0 Å². The lowest BCUT2D eigenvalue weighted by Crippen LogP contribution is -2.48. The van der Waals surface area contributed by atoms with Crippen LogP contribution in [0.5, 0.6) is 0 Å². The van der Waals surface area contributed by atoms with Crippen LogP contribution in [-0.2, 0) is 0 Å². The molecule has 2 aromatic heterocycles. The van der Waals surface area contributed by atoms with Gasteiger partial charge in [0, 0.05) is 27.2 Å². The van der Waals surface area contributed by atoms with Gasteiger partial charge in [-0.15, -0.1) is 10.9 Å². The highest BCUT2D eigenvalue weighted by Crippen LogP contribution is 2.32. The fourth-order valence-corrected chi connectivity index (χ4v) is 6.89. The van der Waals surface area contributed by atoms with E-state index in [1.807, 2.05) is 0 Å². The molecule has 37 heavy (non-hydrogen) atoms. The van der Waals surface area contributed by atoms with E-state index >= 15 is 0 Å². The molecule has 2 nitrogen and oxygen atoms in total. The van der Waals surface area contributed by atoms with E-state index in [0.717, 1.165) is 0 Å². The van der Waals surface area contributed by atoms with Gasteiger partial charge in [-0.25, -0.2) is 0 Å². The van der Waals surface area contributed by atoms with E-state index in [0.29, 0.717) is 0 Å². The van der Waals surface area contributed by atoms with Crippen LogP contribution in [0.1, 0.15) is 0 Å². The van der Waals surface area contributed by atoms with Gasteiger partial charge in [-0.2, -0.15) is 0 Å². The lowest BCUT2D eigenvalue weighted by atomic mass is 9.64. The number of aromatic amines is 1. The summed E-state index contributed by atoms with van der Waals surface area (Å²) in [5.74, 6) is 0. The molecule has 1 N–H and O–H groups in total. The second-order valence-electron chi connectivity index (χ2n) is 11.4. The fraction of sp³-hybridized carbons (Fsp3) is 0. The first-order valence-corrected chi connectivity index (χ1v) is 13.5. The highest BCUT2D eigenvalue weighted by atomic mass is 15.0. The molecule has 13 heteroatoms. The van der Waals surface area contributed by atoms with E-state index < -0.39 is 0 Å². The molecule has 6 rings (SSSR count). The lowest BCUT2D eigenvalue weighted by Gasteiger charge is -2.21. The van der Waals surface area contributed by atoms with Crippen LogP contribution in [0.4, 0.5) is 0 Å². The highest BCUT2D eigenvalue weighted by molar-refractivity contribution is 6.70. The van der Waals surface area contributed by atoms with Crippen molar-refractivity contribution < 1.29 is 0 Å². The Bertz CT molecular complexity index is 2000. The summed E-state index contributed by atoms with van der Waals surface area (Å²) in [5, 5.41) is 5.48. The predicted molar refractivity (Wildman–Crippen MR) is 200 cm³/mol. The summed E-state index contributed by atoms with van der Waals surface area (Å²) in [4.78, 5) is 3.99. The van der Waals surface area contributed by atoms with Crippen molar-refractivity contribution in [1.29, 1.82) is 0 Å². The maximum Gasteiger partial charge on any atom is 0.141 e. The van der Waals surface area contributed by atoms with Gasteiger partial charge in [0.05, 0.1) is 16.7 Å². The van der Waals surface area contributed by atoms with E-state index in [-0.39, 0.29) is 0 Å². The van der Waals surface area contributed by atoms with Crippen LogP contribution in [-0.4, -0.2) is 95.9 Å². The largest absolute Gasteiger partial charge is 0.353 e. The van der Waals surface area contributed by atoms with E-state index in [1.165, 1.54) is 109 Å². The molecule has 0 aliphatic carbocycles. The first-order chi connectivity index (χ1) is 17.5. The normalized spacial score (nSPS) is 11.9. The highest BCUT2D eigenvalue weighted by Gasteiger charge is 2.25. The average molecular weight is 462 g/mol. The summed E-state index contributed by atoms with van der Waals surface area (Å²) in [6.45, 7) is 0. The molecular weight excluding hydrogens is 435 g/mol. The molecule has 0 aliphatic rings. The zero-order valence-electron chi connectivity index (χ0n) is 24.3. The second kappa shape index (κ2) is 8.09. The van der Waals surface area contributed by atoms with E-state index in [4.69, 9.17) is 0 Å². The third-order valence-corrected chi connectivity index (χ3v) is 10.0. The third-order valence-electron chi connectivity index (χ3n) is 10.0. The quantitative estimate of drug-likeness (QED) is 0.235. The molecule has 2 heterocycles. The van der Waals surface area contributed by atoms with Crippen LogP contribution in [0.15, 0.2) is 24.3 Å². The second-order valence-corrected chi connectivity index (χ2v) is 11.4. The summed E-state index contributed by atoms with van der Waals surface area (Å²) >= 11 is 0. The molecule has 0 bridgehead atoms. The SMILES string of the molecule is Bc1c(B)c(B)c2c([nH]c3c(-n4c5ccccc5c5c(B)c(B)c(B)c(B)c54)c(B)c(B)c(B)c32)c1B. The van der Waals surface area contributed by atoms with Crippen molar-refractivity contribution >= 4 is 190 Å². The number of rotatable bonds is 1. The van der Waals surface area contributed by atoms with E-state index in [9.17, 15) is 0 Å². The van der Waals surface area contributed by atoms with Gasteiger partial charge in [0.25, 0.3) is 0 Å². The number of nitrogens with one attached hydrogen (secondary N) is 1. The van der Waals surface area contributed by atoms with Crippen molar-refractivity contribution in [1.82, 2.24) is 9.55 Å². The van der Waals surface area contributed by atoms with Crippen LogP contribution in [0.2, 0.25) is 0 Å². The Hall–Kier alpha value is -2.81. The van der Waals surface area contributed by atoms with Gasteiger partial charge in [0.1, 0.15) is 86.3 Å². The van der Waals surface area contributed by atoms with Crippen molar-refractivity contribution in [3.8, 4) is 5.69 Å². The van der Waals surface area contributed by atoms with E-state index in [1.54, 1.807) is 0 Å². The third kappa shape index (κ3) is 2.98. The number of para-hydroxylation sites is 1. The summed E-state index contributed by atoms with van der Waals surface area (Å²) in [6, 6.07) is 8.96. The number of hydrogen-bond acceptors (Lipinski definition) is 0. The predicted octanol–water partition coefficient (Wildman–Crippen LogP) is -12.7.